The van der Waals surface area contributed by atoms with E-state index in [2.05, 4.69) is 15.2 Å². The van der Waals surface area contributed by atoms with Crippen LogP contribution in [-0.4, -0.2) is 42.0 Å². The van der Waals surface area contributed by atoms with Crippen LogP contribution in [0.4, 0.5) is 5.69 Å². The highest BCUT2D eigenvalue weighted by atomic mass is 16.5. The normalized spacial score (nSPS) is 29.0. The molecule has 5 nitrogen and oxygen atoms in total. The molecule has 1 aliphatic carbocycles. The van der Waals surface area contributed by atoms with Gasteiger partial charge in [0.25, 0.3) is 0 Å². The minimum Gasteiger partial charge on any atom is -0.476 e. The number of piperidine rings is 1. The molecule has 2 aliphatic heterocycles. The molecule has 1 N–H and O–H groups in total. The molecule has 23 heavy (non-hydrogen) atoms. The molecule has 3 heterocycles. The van der Waals surface area contributed by atoms with Gasteiger partial charge in [-0.1, -0.05) is 0 Å². The fraction of sp³-hybridized carbons (Fsp3) is 0.667. The summed E-state index contributed by atoms with van der Waals surface area (Å²) in [7, 11) is 0. The van der Waals surface area contributed by atoms with Crippen molar-refractivity contribution in [3.05, 3.63) is 18.3 Å². The first-order valence-electron chi connectivity index (χ1n) is 8.88. The topological polar surface area (TPSA) is 54.5 Å². The zero-order valence-electron chi connectivity index (χ0n) is 13.5. The number of hydrogen-bond donors (Lipinski definition) is 1. The first kappa shape index (κ1) is 14.9. The van der Waals surface area contributed by atoms with Gasteiger partial charge in [0.1, 0.15) is 5.69 Å². The Morgan fingerprint density at radius 2 is 2.17 bits per heavy atom. The predicted molar refractivity (Wildman–Crippen MR) is 88.4 cm³/mol. The quantitative estimate of drug-likeness (QED) is 0.911. The molecule has 124 valence electrons. The average molecular weight is 315 g/mol. The largest absolute Gasteiger partial charge is 0.476 e. The van der Waals surface area contributed by atoms with Crippen molar-refractivity contribution in [2.24, 2.45) is 17.8 Å². The standard InChI is InChI=1S/C18H25N3O2/c22-17-10-14-5-8-21(11-13-3-4-13)12-15(14)6-9-23-18-16(20-17)2-1-7-19-18/h1-2,7,13-15H,3-6,8-12H2,(H,20,22)/t14-,15-/m0/s1. The van der Waals surface area contributed by atoms with Crippen molar-refractivity contribution in [2.75, 3.05) is 31.6 Å². The van der Waals surface area contributed by atoms with Crippen LogP contribution in [-0.2, 0) is 4.79 Å². The van der Waals surface area contributed by atoms with E-state index >= 15 is 0 Å². The Hall–Kier alpha value is -1.62. The Morgan fingerprint density at radius 3 is 3.04 bits per heavy atom. The molecule has 0 spiro atoms. The van der Waals surface area contributed by atoms with Crippen LogP contribution in [0.25, 0.3) is 0 Å². The van der Waals surface area contributed by atoms with Gasteiger partial charge in [-0.3, -0.25) is 4.79 Å². The minimum absolute atomic E-state index is 0.0930. The summed E-state index contributed by atoms with van der Waals surface area (Å²) in [6, 6.07) is 3.69. The number of carbonyl (C=O) groups excluding carboxylic acids is 1. The van der Waals surface area contributed by atoms with E-state index < -0.39 is 0 Å². The molecule has 1 amide bonds. The first-order valence-corrected chi connectivity index (χ1v) is 8.88. The molecule has 3 aliphatic rings. The van der Waals surface area contributed by atoms with Gasteiger partial charge >= 0.3 is 0 Å². The molecule has 1 aromatic heterocycles. The molecule has 5 heteroatoms. The van der Waals surface area contributed by atoms with E-state index in [-0.39, 0.29) is 5.91 Å². The molecule has 0 radical (unpaired) electrons. The van der Waals surface area contributed by atoms with Gasteiger partial charge < -0.3 is 15.0 Å². The van der Waals surface area contributed by atoms with E-state index in [1.54, 1.807) is 6.20 Å². The summed E-state index contributed by atoms with van der Waals surface area (Å²) < 4.78 is 5.85. The summed E-state index contributed by atoms with van der Waals surface area (Å²) in [5, 5.41) is 2.98. The van der Waals surface area contributed by atoms with Crippen LogP contribution in [0.2, 0.25) is 0 Å². The third-order valence-electron chi connectivity index (χ3n) is 5.41. The Kier molecular flexibility index (Phi) is 4.21. The van der Waals surface area contributed by atoms with Crippen LogP contribution in [0.1, 0.15) is 32.1 Å². The van der Waals surface area contributed by atoms with Crippen molar-refractivity contribution in [1.29, 1.82) is 0 Å². The maximum atomic E-state index is 12.4. The third kappa shape index (κ3) is 3.66. The summed E-state index contributed by atoms with van der Waals surface area (Å²) in [5.74, 6) is 2.60. The Morgan fingerprint density at radius 1 is 1.26 bits per heavy atom. The number of carbonyl (C=O) groups is 1. The van der Waals surface area contributed by atoms with E-state index in [4.69, 9.17) is 4.74 Å². The number of ether oxygens (including phenoxy) is 1. The molecule has 0 aromatic carbocycles. The maximum absolute atomic E-state index is 12.4. The Labute approximate surface area is 137 Å². The lowest BCUT2D eigenvalue weighted by atomic mass is 9.81. The number of rotatable bonds is 2. The van der Waals surface area contributed by atoms with Crippen LogP contribution in [0.15, 0.2) is 18.3 Å². The third-order valence-corrected chi connectivity index (χ3v) is 5.41. The van der Waals surface area contributed by atoms with Crippen LogP contribution in [0.5, 0.6) is 5.88 Å². The van der Waals surface area contributed by atoms with Gasteiger partial charge in [-0.2, -0.15) is 0 Å². The van der Waals surface area contributed by atoms with Gasteiger partial charge in [0.05, 0.1) is 6.61 Å². The second-order valence-electron chi connectivity index (χ2n) is 7.26. The molecular formula is C18H25N3O2. The number of aromatic nitrogens is 1. The highest BCUT2D eigenvalue weighted by Gasteiger charge is 2.34. The second-order valence-corrected chi connectivity index (χ2v) is 7.26. The average Bonchev–Trinajstić information content (AvgIpc) is 3.35. The lowest BCUT2D eigenvalue weighted by Crippen LogP contribution is -2.43. The highest BCUT2D eigenvalue weighted by molar-refractivity contribution is 5.92. The minimum atomic E-state index is 0.0930. The van der Waals surface area contributed by atoms with Crippen LogP contribution in [0.3, 0.4) is 0 Å². The fourth-order valence-corrected chi connectivity index (χ4v) is 3.93. The molecule has 4 rings (SSSR count). The molecule has 1 saturated carbocycles. The smallest absolute Gasteiger partial charge is 0.237 e. The summed E-state index contributed by atoms with van der Waals surface area (Å²) in [4.78, 5) is 19.2. The zero-order valence-corrected chi connectivity index (χ0v) is 13.5. The number of amides is 1. The van der Waals surface area contributed by atoms with Crippen LogP contribution < -0.4 is 10.1 Å². The van der Waals surface area contributed by atoms with Gasteiger partial charge in [0, 0.05) is 25.7 Å². The van der Waals surface area contributed by atoms with Gasteiger partial charge in [-0.25, -0.2) is 4.98 Å². The number of nitrogens with zero attached hydrogens (tertiary/aromatic N) is 2. The monoisotopic (exact) mass is 315 g/mol. The van der Waals surface area contributed by atoms with Crippen LogP contribution in [0, 0.1) is 17.8 Å². The van der Waals surface area contributed by atoms with Crippen molar-refractivity contribution in [2.45, 2.75) is 32.1 Å². The molecule has 2 atom stereocenters. The maximum Gasteiger partial charge on any atom is 0.237 e. The van der Waals surface area contributed by atoms with Crippen LogP contribution >= 0.6 is 0 Å². The van der Waals surface area contributed by atoms with E-state index in [1.807, 2.05) is 12.1 Å². The van der Waals surface area contributed by atoms with Crippen molar-refractivity contribution in [1.82, 2.24) is 9.88 Å². The van der Waals surface area contributed by atoms with Crippen molar-refractivity contribution < 1.29 is 9.53 Å². The first-order chi connectivity index (χ1) is 11.3. The Bertz CT molecular complexity index is 573. The fourth-order valence-electron chi connectivity index (χ4n) is 3.93. The zero-order chi connectivity index (χ0) is 15.6. The number of fused-ring (bicyclic) bond motifs is 2. The highest BCUT2D eigenvalue weighted by Crippen LogP contribution is 2.35. The number of hydrogen-bond acceptors (Lipinski definition) is 4. The number of anilines is 1. The summed E-state index contributed by atoms with van der Waals surface area (Å²) in [6.07, 6.45) is 7.27. The second kappa shape index (κ2) is 6.48. The van der Waals surface area contributed by atoms with E-state index in [0.717, 1.165) is 31.8 Å². The van der Waals surface area contributed by atoms with E-state index in [9.17, 15) is 4.79 Å². The summed E-state index contributed by atoms with van der Waals surface area (Å²) in [6.45, 7) is 4.19. The molecule has 1 saturated heterocycles. The molecular weight excluding hydrogens is 290 g/mol. The van der Waals surface area contributed by atoms with Gasteiger partial charge in [0.15, 0.2) is 0 Å². The summed E-state index contributed by atoms with van der Waals surface area (Å²) in [5.41, 5.74) is 0.696. The number of pyridine rings is 1. The van der Waals surface area contributed by atoms with Crippen molar-refractivity contribution in [3.63, 3.8) is 0 Å². The Balaban J connectivity index is 1.45. The molecule has 1 aromatic rings. The van der Waals surface area contributed by atoms with Crippen molar-refractivity contribution >= 4 is 11.6 Å². The molecule has 2 fully saturated rings. The number of nitrogens with one attached hydrogen (secondary N) is 1. The van der Waals surface area contributed by atoms with Gasteiger partial charge in [0.2, 0.25) is 11.8 Å². The predicted octanol–water partition coefficient (Wildman–Crippen LogP) is 2.54. The lowest BCUT2D eigenvalue weighted by molar-refractivity contribution is -0.118. The number of likely N-dealkylation sites (tertiary alicyclic amines) is 1. The lowest BCUT2D eigenvalue weighted by Gasteiger charge is -2.39. The van der Waals surface area contributed by atoms with E-state index in [1.165, 1.54) is 19.4 Å². The molecule has 0 bridgehead atoms. The van der Waals surface area contributed by atoms with Crippen molar-refractivity contribution in [3.8, 4) is 5.88 Å². The van der Waals surface area contributed by atoms with Gasteiger partial charge in [-0.15, -0.1) is 0 Å². The van der Waals surface area contributed by atoms with Gasteiger partial charge in [-0.05, 0) is 62.1 Å². The van der Waals surface area contributed by atoms with E-state index in [0.29, 0.717) is 36.4 Å². The molecule has 0 unspecified atom stereocenters. The summed E-state index contributed by atoms with van der Waals surface area (Å²) >= 11 is 0. The SMILES string of the molecule is O=C1C[C@@H]2CCN(CC3CC3)C[C@@H]2CCOc2ncccc2N1.